The van der Waals surface area contributed by atoms with Crippen LogP contribution in [0.4, 0.5) is 0 Å². The molecule has 0 aliphatic carbocycles. The average molecular weight is 278 g/mol. The van der Waals surface area contributed by atoms with Gasteiger partial charge >= 0.3 is 0 Å². The highest BCUT2D eigenvalue weighted by molar-refractivity contribution is 7.99. The molecule has 4 nitrogen and oxygen atoms in total. The zero-order chi connectivity index (χ0) is 13.5. The van der Waals surface area contributed by atoms with Gasteiger partial charge in [0.15, 0.2) is 0 Å². The highest BCUT2D eigenvalue weighted by Crippen LogP contribution is 2.28. The maximum Gasteiger partial charge on any atom is 0.220 e. The Bertz CT molecular complexity index is 500. The molecule has 0 amide bonds. The van der Waals surface area contributed by atoms with E-state index in [0.29, 0.717) is 12.3 Å². The van der Waals surface area contributed by atoms with Crippen molar-refractivity contribution < 1.29 is 9.52 Å². The summed E-state index contributed by atoms with van der Waals surface area (Å²) in [4.78, 5) is 1.17. The Morgan fingerprint density at radius 3 is 2.95 bits per heavy atom. The fourth-order valence-corrected chi connectivity index (χ4v) is 2.86. The van der Waals surface area contributed by atoms with Gasteiger partial charge in [-0.25, -0.2) is 0 Å². The molecule has 0 bridgehead atoms. The summed E-state index contributed by atoms with van der Waals surface area (Å²) in [5.74, 6) is 1.93. The third kappa shape index (κ3) is 4.28. The number of nitrogens with zero attached hydrogens (tertiary/aromatic N) is 2. The van der Waals surface area contributed by atoms with E-state index in [1.54, 1.807) is 12.1 Å². The van der Waals surface area contributed by atoms with Crippen LogP contribution in [0.5, 0.6) is 5.75 Å². The normalized spacial score (nSPS) is 10.8. The Morgan fingerprint density at radius 2 is 2.21 bits per heavy atom. The standard InChI is InChI=1S/C14H18N2O2S/c1-2-3-4-7-19-13-6-5-12(17)8-11(13)9-14-16-15-10-18-14/h5-6,8,10,17H,2-4,7,9H2,1H3. The number of benzene rings is 1. The Morgan fingerprint density at radius 1 is 1.32 bits per heavy atom. The smallest absolute Gasteiger partial charge is 0.220 e. The third-order valence-electron chi connectivity index (χ3n) is 2.80. The van der Waals surface area contributed by atoms with Crippen molar-refractivity contribution in [3.63, 3.8) is 0 Å². The van der Waals surface area contributed by atoms with E-state index in [2.05, 4.69) is 17.1 Å². The van der Waals surface area contributed by atoms with E-state index in [-0.39, 0.29) is 5.75 Å². The molecule has 0 atom stereocenters. The van der Waals surface area contributed by atoms with Crippen molar-refractivity contribution in [3.05, 3.63) is 36.0 Å². The minimum absolute atomic E-state index is 0.271. The minimum atomic E-state index is 0.271. The number of phenolic OH excluding ortho intramolecular Hbond substituents is 1. The molecule has 0 aliphatic heterocycles. The van der Waals surface area contributed by atoms with Gasteiger partial charge in [0.05, 0.1) is 6.42 Å². The van der Waals surface area contributed by atoms with Gasteiger partial charge in [-0.15, -0.1) is 22.0 Å². The zero-order valence-corrected chi connectivity index (χ0v) is 11.8. The van der Waals surface area contributed by atoms with E-state index in [1.807, 2.05) is 17.8 Å². The highest BCUT2D eigenvalue weighted by atomic mass is 32.2. The number of aromatic hydroxyl groups is 1. The summed E-state index contributed by atoms with van der Waals surface area (Å²) in [5.41, 5.74) is 1.03. The van der Waals surface area contributed by atoms with E-state index in [9.17, 15) is 5.11 Å². The molecule has 0 radical (unpaired) electrons. The van der Waals surface area contributed by atoms with Gasteiger partial charge in [0.2, 0.25) is 12.3 Å². The van der Waals surface area contributed by atoms with Gasteiger partial charge in [0, 0.05) is 4.90 Å². The predicted molar refractivity (Wildman–Crippen MR) is 75.5 cm³/mol. The number of thioether (sulfide) groups is 1. The number of rotatable bonds is 7. The summed E-state index contributed by atoms with van der Waals surface area (Å²) in [6.45, 7) is 2.20. The second-order valence-electron chi connectivity index (χ2n) is 4.36. The summed E-state index contributed by atoms with van der Waals surface area (Å²) in [6, 6.07) is 5.45. The topological polar surface area (TPSA) is 59.2 Å². The van der Waals surface area contributed by atoms with Crippen LogP contribution in [0.25, 0.3) is 0 Å². The molecule has 1 aromatic carbocycles. The Kier molecular flexibility index (Phi) is 5.27. The molecule has 0 saturated carbocycles. The van der Waals surface area contributed by atoms with Gasteiger partial charge < -0.3 is 9.52 Å². The minimum Gasteiger partial charge on any atom is -0.508 e. The van der Waals surface area contributed by atoms with Gasteiger partial charge in [-0.2, -0.15) is 0 Å². The van der Waals surface area contributed by atoms with Crippen LogP contribution >= 0.6 is 11.8 Å². The molecule has 2 rings (SSSR count). The Balaban J connectivity index is 2.04. The number of unbranched alkanes of at least 4 members (excludes halogenated alkanes) is 2. The van der Waals surface area contributed by atoms with Crippen LogP contribution in [-0.4, -0.2) is 21.1 Å². The number of hydrogen-bond donors (Lipinski definition) is 1. The van der Waals surface area contributed by atoms with Gasteiger partial charge in [-0.05, 0) is 35.9 Å². The second-order valence-corrected chi connectivity index (χ2v) is 5.49. The lowest BCUT2D eigenvalue weighted by Gasteiger charge is -2.08. The molecule has 1 aromatic heterocycles. The molecular formula is C14H18N2O2S. The summed E-state index contributed by atoms with van der Waals surface area (Å²) >= 11 is 1.82. The van der Waals surface area contributed by atoms with Crippen LogP contribution < -0.4 is 0 Å². The zero-order valence-electron chi connectivity index (χ0n) is 11.0. The van der Waals surface area contributed by atoms with E-state index < -0.39 is 0 Å². The summed E-state index contributed by atoms with van der Waals surface area (Å²) in [5, 5.41) is 17.2. The first-order valence-electron chi connectivity index (χ1n) is 6.49. The molecule has 1 N–H and O–H groups in total. The molecule has 0 spiro atoms. The van der Waals surface area contributed by atoms with Crippen molar-refractivity contribution in [2.75, 3.05) is 5.75 Å². The Hall–Kier alpha value is -1.49. The molecule has 0 saturated heterocycles. The predicted octanol–water partition coefficient (Wildman–Crippen LogP) is 3.65. The molecule has 5 heteroatoms. The monoisotopic (exact) mass is 278 g/mol. The van der Waals surface area contributed by atoms with E-state index in [0.717, 1.165) is 11.3 Å². The fraction of sp³-hybridized carbons (Fsp3) is 0.429. The summed E-state index contributed by atoms with van der Waals surface area (Å²) in [6.07, 6.45) is 5.58. The maximum absolute atomic E-state index is 9.60. The maximum atomic E-state index is 9.60. The molecule has 19 heavy (non-hydrogen) atoms. The van der Waals surface area contributed by atoms with Crippen molar-refractivity contribution in [1.82, 2.24) is 10.2 Å². The lowest BCUT2D eigenvalue weighted by atomic mass is 10.1. The number of phenols is 1. The van der Waals surface area contributed by atoms with Crippen molar-refractivity contribution >= 4 is 11.8 Å². The van der Waals surface area contributed by atoms with Crippen LogP contribution in [0.15, 0.2) is 33.9 Å². The number of hydrogen-bond acceptors (Lipinski definition) is 5. The fourth-order valence-electron chi connectivity index (χ4n) is 1.81. The lowest BCUT2D eigenvalue weighted by molar-refractivity contribution is 0.472. The largest absolute Gasteiger partial charge is 0.508 e. The van der Waals surface area contributed by atoms with Crippen LogP contribution in [0.2, 0.25) is 0 Å². The molecule has 1 heterocycles. The van der Waals surface area contributed by atoms with E-state index >= 15 is 0 Å². The van der Waals surface area contributed by atoms with Gasteiger partial charge in [-0.3, -0.25) is 0 Å². The van der Waals surface area contributed by atoms with E-state index in [4.69, 9.17) is 4.42 Å². The van der Waals surface area contributed by atoms with Gasteiger partial charge in [-0.1, -0.05) is 19.8 Å². The molecular weight excluding hydrogens is 260 g/mol. The van der Waals surface area contributed by atoms with Crippen LogP contribution in [0, 0.1) is 0 Å². The first-order chi connectivity index (χ1) is 9.29. The first-order valence-corrected chi connectivity index (χ1v) is 7.48. The molecule has 0 aliphatic rings. The Labute approximate surface area is 117 Å². The summed E-state index contributed by atoms with van der Waals surface area (Å²) < 4.78 is 5.16. The molecule has 0 fully saturated rings. The van der Waals surface area contributed by atoms with Gasteiger partial charge in [0.25, 0.3) is 0 Å². The lowest BCUT2D eigenvalue weighted by Crippen LogP contribution is -1.92. The molecule has 0 unspecified atom stereocenters. The van der Waals surface area contributed by atoms with Crippen molar-refractivity contribution in [3.8, 4) is 5.75 Å². The van der Waals surface area contributed by atoms with Crippen LogP contribution in [0.3, 0.4) is 0 Å². The molecule has 2 aromatic rings. The van der Waals surface area contributed by atoms with Crippen molar-refractivity contribution in [2.24, 2.45) is 0 Å². The van der Waals surface area contributed by atoms with Crippen LogP contribution in [0.1, 0.15) is 37.6 Å². The first kappa shape index (κ1) is 13.9. The van der Waals surface area contributed by atoms with Crippen molar-refractivity contribution in [1.29, 1.82) is 0 Å². The second kappa shape index (κ2) is 7.19. The average Bonchev–Trinajstić information content (AvgIpc) is 2.90. The quantitative estimate of drug-likeness (QED) is 0.619. The number of aromatic nitrogens is 2. The van der Waals surface area contributed by atoms with Crippen LogP contribution in [-0.2, 0) is 6.42 Å². The summed E-state index contributed by atoms with van der Waals surface area (Å²) in [7, 11) is 0. The highest BCUT2D eigenvalue weighted by Gasteiger charge is 2.08. The van der Waals surface area contributed by atoms with E-state index in [1.165, 1.54) is 30.6 Å². The third-order valence-corrected chi connectivity index (χ3v) is 4.00. The van der Waals surface area contributed by atoms with Gasteiger partial charge in [0.1, 0.15) is 5.75 Å². The SMILES string of the molecule is CCCCCSc1ccc(O)cc1Cc1nnco1. The van der Waals surface area contributed by atoms with Crippen molar-refractivity contribution in [2.45, 2.75) is 37.5 Å². The molecule has 102 valence electrons.